The molecule has 3 rings (SSSR count). The van der Waals surface area contributed by atoms with E-state index in [1.165, 1.54) is 32.1 Å². The molecule has 0 atom stereocenters. The van der Waals surface area contributed by atoms with Crippen LogP contribution in [0.15, 0.2) is 12.3 Å². The maximum atomic E-state index is 12.6. The average Bonchev–Trinajstić information content (AvgIpc) is 3.18. The van der Waals surface area contributed by atoms with Crippen molar-refractivity contribution >= 4 is 11.6 Å². The average molecular weight is 261 g/mol. The Hall–Kier alpha value is -1.45. The molecule has 0 aromatic carbocycles. The molecule has 2 aliphatic carbocycles. The first-order valence-electron chi connectivity index (χ1n) is 7.49. The van der Waals surface area contributed by atoms with Gasteiger partial charge in [0.15, 0.2) is 0 Å². The zero-order valence-corrected chi connectivity index (χ0v) is 11.4. The summed E-state index contributed by atoms with van der Waals surface area (Å²) >= 11 is 0. The highest BCUT2D eigenvalue weighted by Gasteiger charge is 2.35. The minimum absolute atomic E-state index is 0.129. The van der Waals surface area contributed by atoms with Crippen LogP contribution in [0, 0.1) is 5.92 Å². The van der Waals surface area contributed by atoms with E-state index in [2.05, 4.69) is 9.88 Å². The Morgan fingerprint density at radius 1 is 1.26 bits per heavy atom. The third-order valence-electron chi connectivity index (χ3n) is 4.36. The fourth-order valence-electron chi connectivity index (χ4n) is 3.12. The lowest BCUT2D eigenvalue weighted by Gasteiger charge is -2.29. The lowest BCUT2D eigenvalue weighted by molar-refractivity contribution is 0.0693. The van der Waals surface area contributed by atoms with Crippen LogP contribution in [0.3, 0.4) is 0 Å². The predicted molar refractivity (Wildman–Crippen MR) is 75.8 cm³/mol. The van der Waals surface area contributed by atoms with Crippen molar-refractivity contribution in [3.8, 4) is 0 Å². The Bertz CT molecular complexity index is 444. The molecule has 2 aliphatic rings. The van der Waals surface area contributed by atoms with Crippen molar-refractivity contribution in [3.05, 3.63) is 18.0 Å². The first-order chi connectivity index (χ1) is 9.24. The molecule has 1 aromatic heterocycles. The number of carbonyl (C=O) groups is 1. The molecule has 0 saturated heterocycles. The van der Waals surface area contributed by atoms with E-state index in [-0.39, 0.29) is 5.91 Å². The summed E-state index contributed by atoms with van der Waals surface area (Å²) in [7, 11) is 0. The molecule has 1 heterocycles. The van der Waals surface area contributed by atoms with E-state index < -0.39 is 0 Å². The molecular weight excluding hydrogens is 238 g/mol. The molecule has 4 nitrogen and oxygen atoms in total. The molecule has 0 radical (unpaired) electrons. The van der Waals surface area contributed by atoms with Gasteiger partial charge in [-0.3, -0.25) is 4.79 Å². The molecular formula is C15H23N3O. The number of nitrogens with zero attached hydrogens (tertiary/aromatic N) is 1. The van der Waals surface area contributed by atoms with Crippen molar-refractivity contribution in [1.82, 2.24) is 9.88 Å². The van der Waals surface area contributed by atoms with Crippen LogP contribution < -0.4 is 5.73 Å². The molecule has 2 saturated carbocycles. The van der Waals surface area contributed by atoms with Crippen LogP contribution in [-0.4, -0.2) is 28.4 Å². The number of amides is 1. The fourth-order valence-corrected chi connectivity index (χ4v) is 3.12. The Morgan fingerprint density at radius 3 is 2.58 bits per heavy atom. The van der Waals surface area contributed by atoms with Crippen LogP contribution >= 0.6 is 0 Å². The first kappa shape index (κ1) is 12.6. The Balaban J connectivity index is 1.68. The largest absolute Gasteiger partial charge is 0.397 e. The number of aromatic nitrogens is 1. The van der Waals surface area contributed by atoms with Gasteiger partial charge in [0.2, 0.25) is 0 Å². The van der Waals surface area contributed by atoms with Crippen LogP contribution in [0.25, 0.3) is 0 Å². The molecule has 1 aromatic rings. The highest BCUT2D eigenvalue weighted by Crippen LogP contribution is 2.32. The first-order valence-corrected chi connectivity index (χ1v) is 7.49. The van der Waals surface area contributed by atoms with Crippen LogP contribution in [0.4, 0.5) is 5.69 Å². The number of hydrogen-bond acceptors (Lipinski definition) is 2. The van der Waals surface area contributed by atoms with Gasteiger partial charge in [-0.25, -0.2) is 0 Å². The molecule has 0 spiro atoms. The monoisotopic (exact) mass is 261 g/mol. The summed E-state index contributed by atoms with van der Waals surface area (Å²) in [5.74, 6) is 0.829. The maximum Gasteiger partial charge on any atom is 0.270 e. The highest BCUT2D eigenvalue weighted by atomic mass is 16.2. The molecule has 1 amide bonds. The van der Waals surface area contributed by atoms with E-state index in [1.54, 1.807) is 12.3 Å². The van der Waals surface area contributed by atoms with E-state index in [0.717, 1.165) is 19.4 Å². The number of H-pyrrole nitrogens is 1. The Morgan fingerprint density at radius 2 is 2.00 bits per heavy atom. The molecule has 0 unspecified atom stereocenters. The smallest absolute Gasteiger partial charge is 0.270 e. The van der Waals surface area contributed by atoms with Crippen LogP contribution in [-0.2, 0) is 0 Å². The lowest BCUT2D eigenvalue weighted by atomic mass is 9.89. The zero-order valence-electron chi connectivity index (χ0n) is 11.4. The summed E-state index contributed by atoms with van der Waals surface area (Å²) in [6, 6.07) is 2.22. The van der Waals surface area contributed by atoms with Gasteiger partial charge in [-0.15, -0.1) is 0 Å². The second-order valence-electron chi connectivity index (χ2n) is 6.04. The van der Waals surface area contributed by atoms with E-state index >= 15 is 0 Å². The van der Waals surface area contributed by atoms with Gasteiger partial charge in [-0.2, -0.15) is 0 Å². The minimum atomic E-state index is 0.129. The van der Waals surface area contributed by atoms with Gasteiger partial charge in [0.05, 0.1) is 0 Å². The zero-order chi connectivity index (χ0) is 13.2. The normalized spacial score (nSPS) is 20.4. The summed E-state index contributed by atoms with van der Waals surface area (Å²) in [6.45, 7) is 0.933. The summed E-state index contributed by atoms with van der Waals surface area (Å²) in [5.41, 5.74) is 6.97. The number of rotatable bonds is 4. The fraction of sp³-hybridized carbons (Fsp3) is 0.667. The second-order valence-corrected chi connectivity index (χ2v) is 6.04. The molecule has 3 N–H and O–H groups in total. The summed E-state index contributed by atoms with van der Waals surface area (Å²) in [6.07, 6.45) is 10.6. The second kappa shape index (κ2) is 5.27. The standard InChI is InChI=1S/C15H23N3O/c16-12-8-14(17-9-12)15(19)18(13-6-7-13)10-11-4-2-1-3-5-11/h8-9,11,13,17H,1-7,10,16H2. The van der Waals surface area contributed by atoms with E-state index in [0.29, 0.717) is 23.3 Å². The number of nitrogen functional groups attached to an aromatic ring is 1. The summed E-state index contributed by atoms with van der Waals surface area (Å²) < 4.78 is 0. The molecule has 19 heavy (non-hydrogen) atoms. The minimum Gasteiger partial charge on any atom is -0.397 e. The number of anilines is 1. The molecule has 0 aliphatic heterocycles. The van der Waals surface area contributed by atoms with E-state index in [1.807, 2.05) is 0 Å². The number of aromatic amines is 1. The number of nitrogens with one attached hydrogen (secondary N) is 1. The number of carbonyl (C=O) groups excluding carboxylic acids is 1. The third-order valence-corrected chi connectivity index (χ3v) is 4.36. The molecule has 0 bridgehead atoms. The van der Waals surface area contributed by atoms with E-state index in [4.69, 9.17) is 5.73 Å². The number of nitrogens with two attached hydrogens (primary N) is 1. The summed E-state index contributed by atoms with van der Waals surface area (Å²) in [5, 5.41) is 0. The molecule has 4 heteroatoms. The van der Waals surface area contributed by atoms with E-state index in [9.17, 15) is 4.79 Å². The quantitative estimate of drug-likeness (QED) is 0.875. The van der Waals surface area contributed by atoms with Gasteiger partial charge in [0, 0.05) is 24.5 Å². The van der Waals surface area contributed by atoms with Crippen molar-refractivity contribution in [1.29, 1.82) is 0 Å². The van der Waals surface area contributed by atoms with Gasteiger partial charge >= 0.3 is 0 Å². The summed E-state index contributed by atoms with van der Waals surface area (Å²) in [4.78, 5) is 17.6. The topological polar surface area (TPSA) is 62.1 Å². The van der Waals surface area contributed by atoms with Crippen molar-refractivity contribution in [2.24, 2.45) is 5.92 Å². The van der Waals surface area contributed by atoms with Gasteiger partial charge < -0.3 is 15.6 Å². The van der Waals surface area contributed by atoms with Gasteiger partial charge in [0.25, 0.3) is 5.91 Å². The van der Waals surface area contributed by atoms with Gasteiger partial charge in [-0.1, -0.05) is 19.3 Å². The van der Waals surface area contributed by atoms with Crippen molar-refractivity contribution in [2.45, 2.75) is 51.0 Å². The lowest BCUT2D eigenvalue weighted by Crippen LogP contribution is -2.38. The van der Waals surface area contributed by atoms with Gasteiger partial charge in [0.1, 0.15) is 5.69 Å². The van der Waals surface area contributed by atoms with Crippen molar-refractivity contribution in [3.63, 3.8) is 0 Å². The van der Waals surface area contributed by atoms with Crippen molar-refractivity contribution in [2.75, 3.05) is 12.3 Å². The van der Waals surface area contributed by atoms with Gasteiger partial charge in [-0.05, 0) is 37.7 Å². The Labute approximate surface area is 114 Å². The number of hydrogen-bond donors (Lipinski definition) is 2. The highest BCUT2D eigenvalue weighted by molar-refractivity contribution is 5.93. The van der Waals surface area contributed by atoms with Crippen molar-refractivity contribution < 1.29 is 4.79 Å². The SMILES string of the molecule is Nc1c[nH]c(C(=O)N(CC2CCCCC2)C2CC2)c1. The van der Waals surface area contributed by atoms with Crippen LogP contribution in [0.1, 0.15) is 55.4 Å². The third kappa shape index (κ3) is 2.94. The Kier molecular flexibility index (Phi) is 3.49. The van der Waals surface area contributed by atoms with Crippen LogP contribution in [0.5, 0.6) is 0 Å². The molecule has 104 valence electrons. The molecule has 2 fully saturated rings. The van der Waals surface area contributed by atoms with Crippen LogP contribution in [0.2, 0.25) is 0 Å². The maximum absolute atomic E-state index is 12.6. The predicted octanol–water partition coefficient (Wildman–Crippen LogP) is 2.78.